The van der Waals surface area contributed by atoms with Crippen LogP contribution in [0.5, 0.6) is 5.75 Å². The fourth-order valence-electron chi connectivity index (χ4n) is 3.32. The second-order valence-electron chi connectivity index (χ2n) is 6.54. The van der Waals surface area contributed by atoms with Crippen LogP contribution < -0.4 is 10.1 Å². The molecule has 0 saturated carbocycles. The van der Waals surface area contributed by atoms with Gasteiger partial charge in [0.15, 0.2) is 9.84 Å². The van der Waals surface area contributed by atoms with Crippen molar-refractivity contribution in [3.63, 3.8) is 0 Å². The number of methoxy groups -OCH3 is 1. The third kappa shape index (κ3) is 4.09. The molecular weight excluding hydrogens is 358 g/mol. The second-order valence-corrected chi connectivity index (χ2v) is 8.77. The normalized spacial score (nSPS) is 22.1. The molecule has 0 unspecified atom stereocenters. The largest absolute Gasteiger partial charge is 0.495 e. The highest BCUT2D eigenvalue weighted by Gasteiger charge is 2.36. The van der Waals surface area contributed by atoms with Crippen LogP contribution >= 0.6 is 0 Å². The van der Waals surface area contributed by atoms with Crippen LogP contribution in [0.2, 0.25) is 0 Å². The van der Waals surface area contributed by atoms with Crippen molar-refractivity contribution in [2.75, 3.05) is 50.1 Å². The predicted molar refractivity (Wildman–Crippen MR) is 96.9 cm³/mol. The Balaban J connectivity index is 1.53. The molecule has 26 heavy (non-hydrogen) atoms. The van der Waals surface area contributed by atoms with Crippen LogP contribution in [0.15, 0.2) is 24.3 Å². The van der Waals surface area contributed by atoms with E-state index in [1.54, 1.807) is 29.0 Å². The molecule has 3 amide bonds. The number of hydrogen-bond donors (Lipinski definition) is 1. The number of nitrogens with one attached hydrogen (secondary N) is 1. The molecule has 0 radical (unpaired) electrons. The van der Waals surface area contributed by atoms with Crippen molar-refractivity contribution in [3.05, 3.63) is 24.3 Å². The molecule has 1 aromatic carbocycles. The minimum absolute atomic E-state index is 0.0552. The van der Waals surface area contributed by atoms with Crippen molar-refractivity contribution in [2.45, 2.75) is 6.42 Å². The summed E-state index contributed by atoms with van der Waals surface area (Å²) in [5.74, 6) is 0.0623. The lowest BCUT2D eigenvalue weighted by atomic mass is 10.1. The number of hydrogen-bond acceptors (Lipinski definition) is 5. The van der Waals surface area contributed by atoms with Gasteiger partial charge in [-0.3, -0.25) is 4.79 Å². The molecule has 0 bridgehead atoms. The molecule has 0 aromatic heterocycles. The fraction of sp³-hybridized carbons (Fsp3) is 0.529. The Morgan fingerprint density at radius 2 is 1.77 bits per heavy atom. The number of nitrogens with zero attached hydrogens (tertiary/aromatic N) is 2. The van der Waals surface area contributed by atoms with Gasteiger partial charge in [0.05, 0.1) is 30.2 Å². The lowest BCUT2D eigenvalue weighted by Gasteiger charge is -2.35. The van der Waals surface area contributed by atoms with Gasteiger partial charge in [-0.25, -0.2) is 13.2 Å². The molecule has 0 spiro atoms. The Morgan fingerprint density at radius 1 is 1.12 bits per heavy atom. The van der Waals surface area contributed by atoms with E-state index in [-0.39, 0.29) is 23.4 Å². The van der Waals surface area contributed by atoms with E-state index in [0.717, 1.165) is 0 Å². The predicted octanol–water partition coefficient (Wildman–Crippen LogP) is 0.806. The van der Waals surface area contributed by atoms with Crippen LogP contribution in [-0.2, 0) is 14.6 Å². The second kappa shape index (κ2) is 7.53. The number of para-hydroxylation sites is 2. The van der Waals surface area contributed by atoms with Gasteiger partial charge in [0.25, 0.3) is 0 Å². The standard InChI is InChI=1S/C17H23N3O5S/c1-25-15-5-3-2-4-14(15)18-17(22)20-9-7-19(8-10-20)16(21)13-6-11-26(23,24)12-13/h2-5,13H,6-12H2,1H3,(H,18,22)/t13-/m0/s1. The molecule has 3 rings (SSSR count). The number of carbonyl (C=O) groups excluding carboxylic acids is 2. The number of amides is 3. The molecule has 2 heterocycles. The molecule has 2 saturated heterocycles. The van der Waals surface area contributed by atoms with E-state index in [1.165, 1.54) is 0 Å². The van der Waals surface area contributed by atoms with Crippen LogP contribution in [0.1, 0.15) is 6.42 Å². The van der Waals surface area contributed by atoms with Gasteiger partial charge < -0.3 is 19.9 Å². The Bertz CT molecular complexity index is 787. The number of ether oxygens (including phenoxy) is 1. The quantitative estimate of drug-likeness (QED) is 0.836. The van der Waals surface area contributed by atoms with E-state index in [9.17, 15) is 18.0 Å². The van der Waals surface area contributed by atoms with Crippen molar-refractivity contribution in [2.24, 2.45) is 5.92 Å². The van der Waals surface area contributed by atoms with E-state index in [4.69, 9.17) is 4.74 Å². The fourth-order valence-corrected chi connectivity index (χ4v) is 5.05. The van der Waals surface area contributed by atoms with Gasteiger partial charge in [-0.2, -0.15) is 0 Å². The number of carbonyl (C=O) groups is 2. The third-order valence-electron chi connectivity index (χ3n) is 4.81. The average molecular weight is 381 g/mol. The van der Waals surface area contributed by atoms with Gasteiger partial charge in [0, 0.05) is 26.2 Å². The van der Waals surface area contributed by atoms with Crippen molar-refractivity contribution in [1.82, 2.24) is 9.80 Å². The number of anilines is 1. The first-order valence-corrected chi connectivity index (χ1v) is 10.4. The summed E-state index contributed by atoms with van der Waals surface area (Å²) in [6.07, 6.45) is 0.398. The number of sulfone groups is 1. The van der Waals surface area contributed by atoms with Crippen LogP contribution in [0.25, 0.3) is 0 Å². The lowest BCUT2D eigenvalue weighted by Crippen LogP contribution is -2.53. The molecule has 2 aliphatic rings. The minimum Gasteiger partial charge on any atom is -0.495 e. The molecule has 0 aliphatic carbocycles. The van der Waals surface area contributed by atoms with Crippen molar-refractivity contribution < 1.29 is 22.7 Å². The number of rotatable bonds is 3. The lowest BCUT2D eigenvalue weighted by molar-refractivity contribution is -0.136. The summed E-state index contributed by atoms with van der Waals surface area (Å²) in [6, 6.07) is 6.91. The maximum atomic E-state index is 12.5. The summed E-state index contributed by atoms with van der Waals surface area (Å²) in [5, 5.41) is 2.82. The first-order chi connectivity index (χ1) is 12.4. The van der Waals surface area contributed by atoms with Gasteiger partial charge in [0.1, 0.15) is 5.75 Å². The maximum absolute atomic E-state index is 12.5. The molecule has 9 heteroatoms. The van der Waals surface area contributed by atoms with Crippen LogP contribution in [0, 0.1) is 5.92 Å². The molecule has 2 fully saturated rings. The van der Waals surface area contributed by atoms with Gasteiger partial charge in [-0.05, 0) is 18.6 Å². The third-order valence-corrected chi connectivity index (χ3v) is 6.58. The number of piperazine rings is 1. The van der Waals surface area contributed by atoms with Crippen molar-refractivity contribution in [1.29, 1.82) is 0 Å². The maximum Gasteiger partial charge on any atom is 0.322 e. The topological polar surface area (TPSA) is 96.0 Å². The molecule has 8 nitrogen and oxygen atoms in total. The van der Waals surface area contributed by atoms with E-state index in [0.29, 0.717) is 44.0 Å². The SMILES string of the molecule is COc1ccccc1NC(=O)N1CCN(C(=O)[C@H]2CCS(=O)(=O)C2)CC1. The molecule has 1 N–H and O–H groups in total. The van der Waals surface area contributed by atoms with Crippen LogP contribution in [-0.4, -0.2) is 75.0 Å². The summed E-state index contributed by atoms with van der Waals surface area (Å²) in [7, 11) is -1.54. The highest BCUT2D eigenvalue weighted by Crippen LogP contribution is 2.24. The first kappa shape index (κ1) is 18.5. The summed E-state index contributed by atoms with van der Waals surface area (Å²) in [6.45, 7) is 1.64. The molecule has 2 aliphatic heterocycles. The Morgan fingerprint density at radius 3 is 2.38 bits per heavy atom. The van der Waals surface area contributed by atoms with Gasteiger partial charge >= 0.3 is 6.03 Å². The van der Waals surface area contributed by atoms with E-state index in [2.05, 4.69) is 5.32 Å². The highest BCUT2D eigenvalue weighted by atomic mass is 32.2. The van der Waals surface area contributed by atoms with E-state index in [1.807, 2.05) is 12.1 Å². The zero-order valence-corrected chi connectivity index (χ0v) is 15.5. The van der Waals surface area contributed by atoms with Crippen molar-refractivity contribution >= 4 is 27.5 Å². The van der Waals surface area contributed by atoms with Gasteiger partial charge in [-0.15, -0.1) is 0 Å². The Labute approximate surface area is 153 Å². The van der Waals surface area contributed by atoms with E-state index >= 15 is 0 Å². The Hall–Kier alpha value is -2.29. The zero-order valence-electron chi connectivity index (χ0n) is 14.7. The summed E-state index contributed by atoms with van der Waals surface area (Å²) < 4.78 is 28.3. The van der Waals surface area contributed by atoms with Crippen molar-refractivity contribution in [3.8, 4) is 5.75 Å². The monoisotopic (exact) mass is 381 g/mol. The van der Waals surface area contributed by atoms with Gasteiger partial charge in [0.2, 0.25) is 5.91 Å². The molecule has 142 valence electrons. The van der Waals surface area contributed by atoms with Crippen LogP contribution in [0.4, 0.5) is 10.5 Å². The van der Waals surface area contributed by atoms with Crippen LogP contribution in [0.3, 0.4) is 0 Å². The molecule has 1 atom stereocenters. The smallest absolute Gasteiger partial charge is 0.322 e. The molecular formula is C17H23N3O5S. The first-order valence-electron chi connectivity index (χ1n) is 8.58. The highest BCUT2D eigenvalue weighted by molar-refractivity contribution is 7.91. The molecule has 1 aromatic rings. The summed E-state index contributed by atoms with van der Waals surface area (Å²) >= 11 is 0. The Kier molecular flexibility index (Phi) is 5.36. The minimum atomic E-state index is -3.08. The summed E-state index contributed by atoms with van der Waals surface area (Å²) in [5.41, 5.74) is 0.592. The summed E-state index contributed by atoms with van der Waals surface area (Å²) in [4.78, 5) is 28.2. The van der Waals surface area contributed by atoms with E-state index < -0.39 is 15.8 Å². The zero-order chi connectivity index (χ0) is 18.7. The van der Waals surface area contributed by atoms with Gasteiger partial charge in [-0.1, -0.05) is 12.1 Å². The number of urea groups is 1. The number of benzene rings is 1. The average Bonchev–Trinajstić information content (AvgIpc) is 3.01.